The molecule has 2 fully saturated rings. The number of benzene rings is 1. The number of hydrogen-bond acceptors (Lipinski definition) is 2. The lowest BCUT2D eigenvalue weighted by Gasteiger charge is -2.58. The Kier molecular flexibility index (Phi) is 5.50. The number of halogens is 3. The molecule has 0 radical (unpaired) electrons. The van der Waals surface area contributed by atoms with Gasteiger partial charge < -0.3 is 15.8 Å². The van der Waals surface area contributed by atoms with E-state index in [9.17, 15) is 8.78 Å². The summed E-state index contributed by atoms with van der Waals surface area (Å²) in [7, 11) is 0. The maximum absolute atomic E-state index is 13.6. The molecule has 0 aromatic heterocycles. The topological polar surface area (TPSA) is 59.6 Å². The summed E-state index contributed by atoms with van der Waals surface area (Å²) in [5.74, 6) is -0.638. The predicted molar refractivity (Wildman–Crippen MR) is 97.1 cm³/mol. The van der Waals surface area contributed by atoms with E-state index in [1.54, 1.807) is 0 Å². The van der Waals surface area contributed by atoms with Crippen LogP contribution in [0.1, 0.15) is 26.7 Å². The van der Waals surface area contributed by atoms with E-state index in [-0.39, 0.29) is 53.2 Å². The molecule has 0 spiro atoms. The lowest BCUT2D eigenvalue weighted by atomic mass is 9.55. The number of anilines is 1. The van der Waals surface area contributed by atoms with Gasteiger partial charge in [0.05, 0.1) is 17.8 Å². The molecule has 0 bridgehead atoms. The number of nitrogens with one attached hydrogen (secondary N) is 1. The van der Waals surface area contributed by atoms with Gasteiger partial charge >= 0.3 is 0 Å². The molecule has 1 aliphatic carbocycles. The summed E-state index contributed by atoms with van der Waals surface area (Å²) in [6, 6.07) is 3.22. The van der Waals surface area contributed by atoms with Crippen molar-refractivity contribution in [1.29, 1.82) is 0 Å². The van der Waals surface area contributed by atoms with Crippen LogP contribution < -0.4 is 11.1 Å². The Morgan fingerprint density at radius 3 is 2.87 bits per heavy atom. The van der Waals surface area contributed by atoms with Gasteiger partial charge in [-0.15, -0.1) is 24.0 Å². The fourth-order valence-corrected chi connectivity index (χ4v) is 3.67. The van der Waals surface area contributed by atoms with Crippen LogP contribution in [-0.2, 0) is 4.74 Å². The number of ether oxygens (including phenoxy) is 1. The first-order chi connectivity index (χ1) is 10.4. The lowest BCUT2D eigenvalue weighted by Crippen LogP contribution is -2.64. The monoisotopic (exact) mass is 437 g/mol. The van der Waals surface area contributed by atoms with Crippen molar-refractivity contribution < 1.29 is 13.5 Å². The van der Waals surface area contributed by atoms with E-state index in [0.717, 1.165) is 37.6 Å². The highest BCUT2D eigenvalue weighted by atomic mass is 127. The van der Waals surface area contributed by atoms with Crippen molar-refractivity contribution in [2.45, 2.75) is 38.8 Å². The van der Waals surface area contributed by atoms with Crippen molar-refractivity contribution in [2.24, 2.45) is 22.1 Å². The van der Waals surface area contributed by atoms with Gasteiger partial charge in [-0.05, 0) is 25.0 Å². The zero-order valence-corrected chi connectivity index (χ0v) is 15.5. The van der Waals surface area contributed by atoms with Crippen molar-refractivity contribution in [1.82, 2.24) is 0 Å². The van der Waals surface area contributed by atoms with Crippen LogP contribution in [0.25, 0.3) is 0 Å². The minimum absolute atomic E-state index is 0. The molecule has 3 atom stereocenters. The molecule has 3 rings (SSSR count). The van der Waals surface area contributed by atoms with Crippen LogP contribution >= 0.6 is 24.0 Å². The summed E-state index contributed by atoms with van der Waals surface area (Å²) in [6.45, 7) is 5.00. The number of hydrogen-bond donors (Lipinski definition) is 2. The summed E-state index contributed by atoms with van der Waals surface area (Å²) in [5.41, 5.74) is 5.78. The number of rotatable bonds is 2. The van der Waals surface area contributed by atoms with Gasteiger partial charge in [-0.1, -0.05) is 13.8 Å². The largest absolute Gasteiger partial charge is 0.377 e. The van der Waals surface area contributed by atoms with Crippen molar-refractivity contribution >= 4 is 35.6 Å². The van der Waals surface area contributed by atoms with E-state index in [4.69, 9.17) is 10.5 Å². The molecule has 1 saturated carbocycles. The van der Waals surface area contributed by atoms with Crippen molar-refractivity contribution in [3.05, 3.63) is 29.8 Å². The zero-order valence-electron chi connectivity index (χ0n) is 13.2. The van der Waals surface area contributed by atoms with Crippen molar-refractivity contribution in [3.8, 4) is 0 Å². The Morgan fingerprint density at radius 2 is 2.13 bits per heavy atom. The van der Waals surface area contributed by atoms with E-state index < -0.39 is 11.6 Å². The highest BCUT2D eigenvalue weighted by Gasteiger charge is 2.58. The van der Waals surface area contributed by atoms with Gasteiger partial charge in [0.1, 0.15) is 11.6 Å². The van der Waals surface area contributed by atoms with Crippen LogP contribution in [0.2, 0.25) is 0 Å². The SMILES string of the molecule is CC1(C)C(N=C(N)Nc2cc(F)ccc2F)C2CCCOC21.I. The van der Waals surface area contributed by atoms with Crippen LogP contribution in [-0.4, -0.2) is 24.7 Å². The molecule has 4 nitrogen and oxygen atoms in total. The second-order valence-electron chi connectivity index (χ2n) is 6.63. The summed E-state index contributed by atoms with van der Waals surface area (Å²) in [6.07, 6.45) is 2.28. The van der Waals surface area contributed by atoms with Crippen molar-refractivity contribution in [2.75, 3.05) is 11.9 Å². The number of nitrogens with zero attached hydrogens (tertiary/aromatic N) is 1. The number of nitrogens with two attached hydrogens (primary N) is 1. The Balaban J connectivity index is 0.00000192. The quantitative estimate of drug-likeness (QED) is 0.423. The minimum Gasteiger partial charge on any atom is -0.377 e. The molecular formula is C16H22F2IN3O. The third-order valence-corrected chi connectivity index (χ3v) is 4.74. The third-order valence-electron chi connectivity index (χ3n) is 4.74. The summed E-state index contributed by atoms with van der Waals surface area (Å²) in [5, 5.41) is 2.66. The van der Waals surface area contributed by atoms with Gasteiger partial charge in [-0.2, -0.15) is 0 Å². The molecule has 1 aliphatic heterocycles. The van der Waals surface area contributed by atoms with Gasteiger partial charge in [-0.3, -0.25) is 0 Å². The van der Waals surface area contributed by atoms with Crippen LogP contribution in [0.3, 0.4) is 0 Å². The number of aliphatic imine (C=N–C) groups is 1. The molecule has 0 amide bonds. The average molecular weight is 437 g/mol. The molecule has 1 aromatic carbocycles. The zero-order chi connectivity index (χ0) is 15.9. The van der Waals surface area contributed by atoms with Gasteiger partial charge in [0, 0.05) is 24.0 Å². The molecule has 128 valence electrons. The Morgan fingerprint density at radius 1 is 1.39 bits per heavy atom. The average Bonchev–Trinajstić information content (AvgIpc) is 2.49. The van der Waals surface area contributed by atoms with Crippen LogP contribution in [0.15, 0.2) is 23.2 Å². The summed E-state index contributed by atoms with van der Waals surface area (Å²) < 4.78 is 32.6. The highest BCUT2D eigenvalue weighted by Crippen LogP contribution is 2.53. The third kappa shape index (κ3) is 3.45. The second-order valence-corrected chi connectivity index (χ2v) is 6.63. The fourth-order valence-electron chi connectivity index (χ4n) is 3.67. The highest BCUT2D eigenvalue weighted by molar-refractivity contribution is 14.0. The van der Waals surface area contributed by atoms with Gasteiger partial charge in [0.25, 0.3) is 0 Å². The molecule has 1 aromatic rings. The first-order valence-electron chi connectivity index (χ1n) is 7.56. The molecule has 3 unspecified atom stereocenters. The Hall–Kier alpha value is -0.960. The van der Waals surface area contributed by atoms with Gasteiger partial charge in [0.15, 0.2) is 5.96 Å². The van der Waals surface area contributed by atoms with E-state index >= 15 is 0 Å². The molecule has 23 heavy (non-hydrogen) atoms. The normalized spacial score (nSPS) is 29.0. The summed E-state index contributed by atoms with van der Waals surface area (Å²) in [4.78, 5) is 4.50. The summed E-state index contributed by atoms with van der Waals surface area (Å²) >= 11 is 0. The lowest BCUT2D eigenvalue weighted by molar-refractivity contribution is -0.182. The first kappa shape index (κ1) is 18.4. The predicted octanol–water partition coefficient (Wildman–Crippen LogP) is 3.51. The van der Waals surface area contributed by atoms with E-state index in [0.29, 0.717) is 5.92 Å². The fraction of sp³-hybridized carbons (Fsp3) is 0.562. The molecule has 3 N–H and O–H groups in total. The van der Waals surface area contributed by atoms with Crippen LogP contribution in [0.5, 0.6) is 0 Å². The minimum atomic E-state index is -0.564. The molecule has 2 aliphatic rings. The Labute approximate surface area is 151 Å². The standard InChI is InChI=1S/C16H21F2N3O.HI/c1-16(2)13(10-4-3-7-22-14(10)16)21-15(19)20-12-8-9(17)5-6-11(12)18;/h5-6,8,10,13-14H,3-4,7H2,1-2H3,(H3,19,20,21);1H. The number of guanidine groups is 1. The van der Waals surface area contributed by atoms with Gasteiger partial charge in [0.2, 0.25) is 0 Å². The van der Waals surface area contributed by atoms with E-state index in [2.05, 4.69) is 24.2 Å². The molecule has 1 saturated heterocycles. The smallest absolute Gasteiger partial charge is 0.193 e. The van der Waals surface area contributed by atoms with Crippen LogP contribution in [0, 0.1) is 23.0 Å². The second kappa shape index (κ2) is 6.88. The number of fused-ring (bicyclic) bond motifs is 1. The molecular weight excluding hydrogens is 415 g/mol. The van der Waals surface area contributed by atoms with E-state index in [1.165, 1.54) is 0 Å². The maximum Gasteiger partial charge on any atom is 0.193 e. The van der Waals surface area contributed by atoms with Gasteiger partial charge in [-0.25, -0.2) is 13.8 Å². The van der Waals surface area contributed by atoms with Crippen molar-refractivity contribution in [3.63, 3.8) is 0 Å². The molecule has 7 heteroatoms. The first-order valence-corrected chi connectivity index (χ1v) is 7.56. The maximum atomic E-state index is 13.6. The molecule has 1 heterocycles. The van der Waals surface area contributed by atoms with E-state index in [1.807, 2.05) is 0 Å². The Bertz CT molecular complexity index is 609. The van der Waals surface area contributed by atoms with Crippen LogP contribution in [0.4, 0.5) is 14.5 Å².